The quantitative estimate of drug-likeness (QED) is 0.654. The smallest absolute Gasteiger partial charge is 0.162 e. The molecule has 28 heavy (non-hydrogen) atoms. The summed E-state index contributed by atoms with van der Waals surface area (Å²) in [5.74, 6) is -2.44. The average Bonchev–Trinajstić information content (AvgIpc) is 2.61. The number of hydrogen-bond donors (Lipinski definition) is 1. The second-order valence-electron chi connectivity index (χ2n) is 7.49. The number of allylic oxidation sites excluding steroid dienone is 1. The molecule has 0 spiro atoms. The molecule has 2 aromatic carbocycles. The molecule has 0 aliphatic carbocycles. The normalized spacial score (nSPS) is 13.1. The van der Waals surface area contributed by atoms with Gasteiger partial charge in [-0.15, -0.1) is 0 Å². The first-order valence-corrected chi connectivity index (χ1v) is 9.22. The van der Waals surface area contributed by atoms with Crippen molar-refractivity contribution < 1.29 is 13.2 Å². The van der Waals surface area contributed by atoms with Crippen molar-refractivity contribution in [1.82, 2.24) is 0 Å². The SMILES string of the molecule is C=C(N)C(/C(=N\C)c1ccc(Cc2c(C)c(C)cc(F)c2F)cc1F)C(C)C. The molecule has 1 atom stereocenters. The predicted octanol–water partition coefficient (Wildman–Crippen LogP) is 5.48. The lowest BCUT2D eigenvalue weighted by Crippen LogP contribution is -2.27. The Morgan fingerprint density at radius 3 is 2.25 bits per heavy atom. The minimum atomic E-state index is -0.892. The molecule has 2 N–H and O–H groups in total. The molecule has 5 heteroatoms. The molecule has 0 bridgehead atoms. The summed E-state index contributed by atoms with van der Waals surface area (Å²) in [7, 11) is 1.59. The summed E-state index contributed by atoms with van der Waals surface area (Å²) in [4.78, 5) is 4.25. The van der Waals surface area contributed by atoms with E-state index in [1.165, 1.54) is 12.1 Å². The lowest BCUT2D eigenvalue weighted by molar-refractivity contribution is 0.498. The Morgan fingerprint density at radius 2 is 1.75 bits per heavy atom. The second-order valence-corrected chi connectivity index (χ2v) is 7.49. The third kappa shape index (κ3) is 4.29. The van der Waals surface area contributed by atoms with Crippen molar-refractivity contribution in [1.29, 1.82) is 0 Å². The molecule has 0 aromatic heterocycles. The van der Waals surface area contributed by atoms with E-state index in [1.54, 1.807) is 33.0 Å². The zero-order valence-electron chi connectivity index (χ0n) is 17.0. The van der Waals surface area contributed by atoms with Crippen molar-refractivity contribution in [2.24, 2.45) is 22.6 Å². The van der Waals surface area contributed by atoms with Crippen LogP contribution in [0.25, 0.3) is 0 Å². The van der Waals surface area contributed by atoms with Crippen LogP contribution in [0.15, 0.2) is 41.5 Å². The van der Waals surface area contributed by atoms with Gasteiger partial charge in [0.15, 0.2) is 11.6 Å². The predicted molar refractivity (Wildman–Crippen MR) is 109 cm³/mol. The number of aryl methyl sites for hydroxylation is 1. The Morgan fingerprint density at radius 1 is 1.11 bits per heavy atom. The molecule has 0 saturated heterocycles. The van der Waals surface area contributed by atoms with E-state index in [9.17, 15) is 13.2 Å². The Balaban J connectivity index is 2.44. The molecular formula is C23H27F3N2. The van der Waals surface area contributed by atoms with E-state index in [-0.39, 0.29) is 23.8 Å². The van der Waals surface area contributed by atoms with Gasteiger partial charge in [-0.3, -0.25) is 4.99 Å². The maximum atomic E-state index is 14.9. The zero-order chi connectivity index (χ0) is 21.2. The standard InChI is InChI=1S/C23H27F3N2/c1-12(2)21(15(5)27)23(28-6)17-8-7-16(11-19(17)24)10-18-14(4)13(3)9-20(25)22(18)26/h7-9,11-12,21H,5,10,27H2,1-4,6H3/b28-23-. The highest BCUT2D eigenvalue weighted by Crippen LogP contribution is 2.27. The summed E-state index contributed by atoms with van der Waals surface area (Å²) in [6.07, 6.45) is 0.100. The summed E-state index contributed by atoms with van der Waals surface area (Å²) >= 11 is 0. The topological polar surface area (TPSA) is 38.4 Å². The number of hydrogen-bond acceptors (Lipinski definition) is 2. The van der Waals surface area contributed by atoms with Gasteiger partial charge in [0.05, 0.1) is 5.71 Å². The minimum absolute atomic E-state index is 0.0993. The van der Waals surface area contributed by atoms with Gasteiger partial charge < -0.3 is 5.73 Å². The summed E-state index contributed by atoms with van der Waals surface area (Å²) in [5, 5.41) is 0. The van der Waals surface area contributed by atoms with E-state index in [0.717, 1.165) is 0 Å². The van der Waals surface area contributed by atoms with E-state index >= 15 is 0 Å². The van der Waals surface area contributed by atoms with Crippen LogP contribution < -0.4 is 5.73 Å². The Bertz CT molecular complexity index is 904. The molecule has 2 aromatic rings. The molecule has 0 radical (unpaired) electrons. The van der Waals surface area contributed by atoms with Crippen LogP contribution in [-0.4, -0.2) is 12.8 Å². The molecule has 0 aliphatic rings. The van der Waals surface area contributed by atoms with Crippen LogP contribution in [0.4, 0.5) is 13.2 Å². The van der Waals surface area contributed by atoms with Gasteiger partial charge >= 0.3 is 0 Å². The van der Waals surface area contributed by atoms with Crippen molar-refractivity contribution in [3.8, 4) is 0 Å². The molecule has 0 heterocycles. The van der Waals surface area contributed by atoms with Gasteiger partial charge in [-0.05, 0) is 60.2 Å². The van der Waals surface area contributed by atoms with E-state index in [1.807, 2.05) is 13.8 Å². The van der Waals surface area contributed by atoms with Gasteiger partial charge in [-0.1, -0.05) is 26.5 Å². The third-order valence-corrected chi connectivity index (χ3v) is 5.15. The highest BCUT2D eigenvalue weighted by molar-refractivity contribution is 6.04. The number of benzene rings is 2. The molecular weight excluding hydrogens is 361 g/mol. The average molecular weight is 388 g/mol. The molecule has 150 valence electrons. The fourth-order valence-corrected chi connectivity index (χ4v) is 3.55. The van der Waals surface area contributed by atoms with Gasteiger partial charge in [0.25, 0.3) is 0 Å². The molecule has 2 nitrogen and oxygen atoms in total. The van der Waals surface area contributed by atoms with Crippen molar-refractivity contribution in [3.05, 3.63) is 81.8 Å². The summed E-state index contributed by atoms with van der Waals surface area (Å²) in [6, 6.07) is 5.84. The number of halogens is 3. The maximum absolute atomic E-state index is 14.9. The first kappa shape index (κ1) is 21.7. The number of rotatable bonds is 6. The zero-order valence-corrected chi connectivity index (χ0v) is 17.0. The van der Waals surface area contributed by atoms with Crippen LogP contribution >= 0.6 is 0 Å². The Labute approximate surface area is 165 Å². The van der Waals surface area contributed by atoms with Gasteiger partial charge in [0.2, 0.25) is 0 Å². The molecule has 2 rings (SSSR count). The molecule has 0 fully saturated rings. The van der Waals surface area contributed by atoms with E-state index in [0.29, 0.717) is 33.7 Å². The first-order chi connectivity index (χ1) is 13.1. The third-order valence-electron chi connectivity index (χ3n) is 5.15. The minimum Gasteiger partial charge on any atom is -0.402 e. The summed E-state index contributed by atoms with van der Waals surface area (Å²) in [6.45, 7) is 11.2. The van der Waals surface area contributed by atoms with Crippen LogP contribution in [-0.2, 0) is 6.42 Å². The number of aliphatic imine (C=N–C) groups is 1. The van der Waals surface area contributed by atoms with E-state index in [4.69, 9.17) is 5.73 Å². The van der Waals surface area contributed by atoms with Crippen molar-refractivity contribution in [2.45, 2.75) is 34.1 Å². The first-order valence-electron chi connectivity index (χ1n) is 9.22. The lowest BCUT2D eigenvalue weighted by Gasteiger charge is -2.23. The molecule has 0 aliphatic heterocycles. The van der Waals surface area contributed by atoms with Crippen molar-refractivity contribution in [3.63, 3.8) is 0 Å². The van der Waals surface area contributed by atoms with Crippen LogP contribution in [0.5, 0.6) is 0 Å². The van der Waals surface area contributed by atoms with Gasteiger partial charge in [-0.25, -0.2) is 13.2 Å². The Hall–Kier alpha value is -2.56. The van der Waals surface area contributed by atoms with Crippen molar-refractivity contribution >= 4 is 5.71 Å². The van der Waals surface area contributed by atoms with E-state index < -0.39 is 17.5 Å². The van der Waals surface area contributed by atoms with Gasteiger partial charge in [-0.2, -0.15) is 0 Å². The Kier molecular flexibility index (Phi) is 6.70. The van der Waals surface area contributed by atoms with Gasteiger partial charge in [0, 0.05) is 30.6 Å². The number of nitrogens with two attached hydrogens (primary N) is 1. The monoisotopic (exact) mass is 388 g/mol. The highest BCUT2D eigenvalue weighted by Gasteiger charge is 2.25. The summed E-state index contributed by atoms with van der Waals surface area (Å²) in [5.41, 5.74) is 9.32. The van der Waals surface area contributed by atoms with Crippen molar-refractivity contribution in [2.75, 3.05) is 7.05 Å². The number of nitrogens with zero attached hydrogens (tertiary/aromatic N) is 1. The van der Waals surface area contributed by atoms with Crippen LogP contribution in [0.1, 0.15) is 41.7 Å². The fourth-order valence-electron chi connectivity index (χ4n) is 3.55. The van der Waals surface area contributed by atoms with Crippen LogP contribution in [0, 0.1) is 43.1 Å². The molecule has 1 unspecified atom stereocenters. The largest absolute Gasteiger partial charge is 0.402 e. The maximum Gasteiger partial charge on any atom is 0.162 e. The molecule has 0 amide bonds. The van der Waals surface area contributed by atoms with E-state index in [2.05, 4.69) is 11.6 Å². The molecule has 0 saturated carbocycles. The highest BCUT2D eigenvalue weighted by atomic mass is 19.2. The second kappa shape index (κ2) is 8.63. The lowest BCUT2D eigenvalue weighted by atomic mass is 9.84. The van der Waals surface area contributed by atoms with Crippen LogP contribution in [0.3, 0.4) is 0 Å². The van der Waals surface area contributed by atoms with Gasteiger partial charge in [0.1, 0.15) is 5.82 Å². The fraction of sp³-hybridized carbons (Fsp3) is 0.348. The summed E-state index contributed by atoms with van der Waals surface area (Å²) < 4.78 is 43.0. The van der Waals surface area contributed by atoms with Crippen LogP contribution in [0.2, 0.25) is 0 Å².